The van der Waals surface area contributed by atoms with Crippen molar-refractivity contribution in [3.63, 3.8) is 0 Å². The minimum Gasteiger partial charge on any atom is -0.494 e. The van der Waals surface area contributed by atoms with E-state index in [9.17, 15) is 0 Å². The summed E-state index contributed by atoms with van der Waals surface area (Å²) in [6.07, 6.45) is 1.90. The second-order valence-electron chi connectivity index (χ2n) is 4.60. The lowest BCUT2D eigenvalue weighted by atomic mass is 10.1. The van der Waals surface area contributed by atoms with Crippen LogP contribution >= 0.6 is 0 Å². The van der Waals surface area contributed by atoms with Crippen molar-refractivity contribution in [3.8, 4) is 17.2 Å². The first-order valence-corrected chi connectivity index (χ1v) is 7.01. The Morgan fingerprint density at radius 2 is 1.40 bits per heavy atom. The molecule has 0 unspecified atom stereocenters. The molecule has 0 amide bonds. The number of rotatable bonds is 7. The number of hydrogen-bond donors (Lipinski definition) is 1. The minimum absolute atomic E-state index is 0.666. The molecule has 3 nitrogen and oxygen atoms in total. The van der Waals surface area contributed by atoms with Gasteiger partial charge in [-0.3, -0.25) is 0 Å². The van der Waals surface area contributed by atoms with Gasteiger partial charge < -0.3 is 15.2 Å². The van der Waals surface area contributed by atoms with E-state index in [2.05, 4.69) is 6.92 Å². The van der Waals surface area contributed by atoms with Crippen molar-refractivity contribution in [1.82, 2.24) is 0 Å². The van der Waals surface area contributed by atoms with Crippen molar-refractivity contribution in [1.29, 1.82) is 0 Å². The van der Waals surface area contributed by atoms with Crippen molar-refractivity contribution in [2.45, 2.75) is 19.8 Å². The highest BCUT2D eigenvalue weighted by molar-refractivity contribution is 5.36. The van der Waals surface area contributed by atoms with Gasteiger partial charge in [-0.1, -0.05) is 19.1 Å². The van der Waals surface area contributed by atoms with Gasteiger partial charge in [-0.15, -0.1) is 0 Å². The van der Waals surface area contributed by atoms with Gasteiger partial charge in [-0.25, -0.2) is 0 Å². The number of ether oxygens (including phenoxy) is 2. The van der Waals surface area contributed by atoms with Crippen LogP contribution in [0.15, 0.2) is 48.5 Å². The standard InChI is InChI=1S/C17H21NO2/c1-2-13-19-15-7-9-17(10-8-15)20-16-5-3-14(4-6-16)11-12-18/h3-10H,2,11-13,18H2,1H3. The van der Waals surface area contributed by atoms with E-state index in [1.807, 2.05) is 48.5 Å². The van der Waals surface area contributed by atoms with E-state index in [0.717, 1.165) is 36.7 Å². The second kappa shape index (κ2) is 7.56. The molecule has 2 aromatic carbocycles. The lowest BCUT2D eigenvalue weighted by Crippen LogP contribution is -2.02. The van der Waals surface area contributed by atoms with E-state index in [4.69, 9.17) is 15.2 Å². The maximum Gasteiger partial charge on any atom is 0.127 e. The Kier molecular flexibility index (Phi) is 5.44. The van der Waals surface area contributed by atoms with Crippen molar-refractivity contribution < 1.29 is 9.47 Å². The van der Waals surface area contributed by atoms with E-state index >= 15 is 0 Å². The number of hydrogen-bond acceptors (Lipinski definition) is 3. The summed E-state index contributed by atoms with van der Waals surface area (Å²) in [5.41, 5.74) is 6.75. The summed E-state index contributed by atoms with van der Waals surface area (Å²) in [4.78, 5) is 0. The van der Waals surface area contributed by atoms with Crippen molar-refractivity contribution in [3.05, 3.63) is 54.1 Å². The molecule has 0 radical (unpaired) electrons. The first-order valence-electron chi connectivity index (χ1n) is 7.01. The van der Waals surface area contributed by atoms with Crippen LogP contribution in [0.2, 0.25) is 0 Å². The maximum absolute atomic E-state index is 5.78. The first-order chi connectivity index (χ1) is 9.81. The van der Waals surface area contributed by atoms with E-state index in [0.29, 0.717) is 6.54 Å². The zero-order chi connectivity index (χ0) is 14.2. The van der Waals surface area contributed by atoms with Crippen LogP contribution in [-0.2, 0) is 6.42 Å². The Morgan fingerprint density at radius 1 is 0.850 bits per heavy atom. The molecule has 3 heteroatoms. The molecule has 0 spiro atoms. The highest BCUT2D eigenvalue weighted by atomic mass is 16.5. The molecule has 0 atom stereocenters. The molecular formula is C17H21NO2. The monoisotopic (exact) mass is 271 g/mol. The lowest BCUT2D eigenvalue weighted by molar-refractivity contribution is 0.317. The van der Waals surface area contributed by atoms with Gasteiger partial charge >= 0.3 is 0 Å². The lowest BCUT2D eigenvalue weighted by Gasteiger charge is -2.08. The Bertz CT molecular complexity index is 506. The van der Waals surface area contributed by atoms with Gasteiger partial charge in [0.1, 0.15) is 17.2 Å². The molecule has 0 saturated heterocycles. The van der Waals surface area contributed by atoms with Crippen LogP contribution in [0, 0.1) is 0 Å². The van der Waals surface area contributed by atoms with Crippen LogP contribution in [0.25, 0.3) is 0 Å². The highest BCUT2D eigenvalue weighted by Gasteiger charge is 1.99. The summed E-state index contributed by atoms with van der Waals surface area (Å²) < 4.78 is 11.3. The van der Waals surface area contributed by atoms with Gasteiger partial charge in [0.05, 0.1) is 6.61 Å². The third-order valence-electron chi connectivity index (χ3n) is 2.89. The van der Waals surface area contributed by atoms with Crippen LogP contribution in [0.3, 0.4) is 0 Å². The quantitative estimate of drug-likeness (QED) is 0.833. The molecule has 0 aliphatic carbocycles. The van der Waals surface area contributed by atoms with Crippen LogP contribution in [0.5, 0.6) is 17.2 Å². The predicted molar refractivity (Wildman–Crippen MR) is 81.5 cm³/mol. The molecule has 0 heterocycles. The summed E-state index contributed by atoms with van der Waals surface area (Å²) >= 11 is 0. The molecule has 106 valence electrons. The van der Waals surface area contributed by atoms with Crippen LogP contribution in [-0.4, -0.2) is 13.2 Å². The van der Waals surface area contributed by atoms with E-state index in [-0.39, 0.29) is 0 Å². The Morgan fingerprint density at radius 3 is 1.95 bits per heavy atom. The first kappa shape index (κ1) is 14.4. The molecule has 0 aromatic heterocycles. The molecule has 0 aliphatic heterocycles. The minimum atomic E-state index is 0.666. The molecule has 2 N–H and O–H groups in total. The molecule has 0 saturated carbocycles. The summed E-state index contributed by atoms with van der Waals surface area (Å²) in [7, 11) is 0. The normalized spacial score (nSPS) is 10.3. The number of nitrogens with two attached hydrogens (primary N) is 1. The van der Waals surface area contributed by atoms with Gasteiger partial charge in [-0.05, 0) is 61.3 Å². The van der Waals surface area contributed by atoms with Crippen molar-refractivity contribution in [2.24, 2.45) is 5.73 Å². The van der Waals surface area contributed by atoms with E-state index in [1.54, 1.807) is 0 Å². The van der Waals surface area contributed by atoms with Crippen LogP contribution in [0.4, 0.5) is 0 Å². The average Bonchev–Trinajstić information content (AvgIpc) is 2.49. The Balaban J connectivity index is 1.95. The maximum atomic E-state index is 5.78. The van der Waals surface area contributed by atoms with Crippen molar-refractivity contribution in [2.75, 3.05) is 13.2 Å². The Hall–Kier alpha value is -2.00. The largest absolute Gasteiger partial charge is 0.494 e. The molecule has 20 heavy (non-hydrogen) atoms. The van der Waals surface area contributed by atoms with E-state index in [1.165, 1.54) is 5.56 Å². The van der Waals surface area contributed by atoms with Gasteiger partial charge in [0, 0.05) is 0 Å². The molecule has 2 rings (SSSR count). The fraction of sp³-hybridized carbons (Fsp3) is 0.294. The van der Waals surface area contributed by atoms with Crippen LogP contribution in [0.1, 0.15) is 18.9 Å². The zero-order valence-corrected chi connectivity index (χ0v) is 11.8. The predicted octanol–water partition coefficient (Wildman–Crippen LogP) is 3.77. The van der Waals surface area contributed by atoms with Crippen LogP contribution < -0.4 is 15.2 Å². The molecule has 0 fully saturated rings. The Labute approximate surface area is 120 Å². The molecule has 2 aromatic rings. The third kappa shape index (κ3) is 4.28. The topological polar surface area (TPSA) is 44.5 Å². The molecular weight excluding hydrogens is 250 g/mol. The summed E-state index contributed by atoms with van der Waals surface area (Å²) in [6.45, 7) is 3.49. The zero-order valence-electron chi connectivity index (χ0n) is 11.8. The van der Waals surface area contributed by atoms with Gasteiger partial charge in [0.2, 0.25) is 0 Å². The fourth-order valence-electron chi connectivity index (χ4n) is 1.85. The molecule has 0 bridgehead atoms. The summed E-state index contributed by atoms with van der Waals surface area (Å²) in [5, 5.41) is 0. The van der Waals surface area contributed by atoms with Gasteiger partial charge in [0.15, 0.2) is 0 Å². The summed E-state index contributed by atoms with van der Waals surface area (Å²) in [5.74, 6) is 2.51. The second-order valence-corrected chi connectivity index (χ2v) is 4.60. The SMILES string of the molecule is CCCOc1ccc(Oc2ccc(CCN)cc2)cc1. The fourth-order valence-corrected chi connectivity index (χ4v) is 1.85. The summed E-state index contributed by atoms with van der Waals surface area (Å²) in [6, 6.07) is 15.7. The molecule has 0 aliphatic rings. The van der Waals surface area contributed by atoms with Gasteiger partial charge in [-0.2, -0.15) is 0 Å². The number of benzene rings is 2. The highest BCUT2D eigenvalue weighted by Crippen LogP contribution is 2.24. The van der Waals surface area contributed by atoms with Gasteiger partial charge in [0.25, 0.3) is 0 Å². The van der Waals surface area contributed by atoms with E-state index < -0.39 is 0 Å². The smallest absolute Gasteiger partial charge is 0.127 e. The average molecular weight is 271 g/mol. The van der Waals surface area contributed by atoms with Crippen molar-refractivity contribution >= 4 is 0 Å². The third-order valence-corrected chi connectivity index (χ3v) is 2.89.